The highest BCUT2D eigenvalue weighted by Gasteiger charge is 2.40. The average Bonchev–Trinajstić information content (AvgIpc) is 3.41. The Morgan fingerprint density at radius 2 is 1.59 bits per heavy atom. The Kier molecular flexibility index (Phi) is 8.85. The van der Waals surface area contributed by atoms with Crippen molar-refractivity contribution < 1.29 is 36.2 Å². The number of benzene rings is 4. The molecule has 6 rings (SSSR count). The second kappa shape index (κ2) is 12.7. The number of rotatable bonds is 9. The summed E-state index contributed by atoms with van der Waals surface area (Å²) in [6, 6.07) is 25.8. The van der Waals surface area contributed by atoms with Crippen LogP contribution in [0.2, 0.25) is 10.0 Å². The van der Waals surface area contributed by atoms with E-state index in [1.807, 2.05) is 30.3 Å². The fraction of sp³-hybridized carbons (Fsp3) is 0.156. The number of morpholine rings is 1. The quantitative estimate of drug-likeness (QED) is 0.198. The molecule has 2 heterocycles. The largest absolute Gasteiger partial charge is 0.491 e. The van der Waals surface area contributed by atoms with Gasteiger partial charge in [-0.05, 0) is 54.1 Å². The lowest BCUT2D eigenvalue weighted by Gasteiger charge is -2.32. The molecule has 1 aliphatic rings. The summed E-state index contributed by atoms with van der Waals surface area (Å²) in [5, 5.41) is 10.9. The van der Waals surface area contributed by atoms with E-state index >= 15 is 0 Å². The van der Waals surface area contributed by atoms with Gasteiger partial charge < -0.3 is 14.6 Å². The number of carbonyl (C=O) groups is 1. The Morgan fingerprint density at radius 1 is 0.891 bits per heavy atom. The van der Waals surface area contributed by atoms with Crippen LogP contribution in [0.5, 0.6) is 5.75 Å². The number of fused-ring (bicyclic) bond motifs is 1. The van der Waals surface area contributed by atoms with Gasteiger partial charge in [0, 0.05) is 34.1 Å². The SMILES string of the molecule is O=C(O)c1c(S(=O)(=O)N2CCOC(COc3ccc(-c4ccccc4Cl)cc3)C2)c2cc(Cl)ccc2n1S(=O)(=O)c1ccccc1. The fourth-order valence-corrected chi connectivity index (χ4v) is 9.17. The summed E-state index contributed by atoms with van der Waals surface area (Å²) in [4.78, 5) is 11.8. The van der Waals surface area contributed by atoms with Gasteiger partial charge in [-0.3, -0.25) is 0 Å². The second-order valence-electron chi connectivity index (χ2n) is 10.4. The highest BCUT2D eigenvalue weighted by Crippen LogP contribution is 2.37. The van der Waals surface area contributed by atoms with Gasteiger partial charge in [0.05, 0.1) is 17.0 Å². The number of nitrogens with zero attached hydrogens (tertiary/aromatic N) is 2. The van der Waals surface area contributed by atoms with Crippen molar-refractivity contribution in [1.29, 1.82) is 0 Å². The predicted octanol–water partition coefficient (Wildman–Crippen LogP) is 6.02. The van der Waals surface area contributed by atoms with Gasteiger partial charge in [0.2, 0.25) is 10.0 Å². The summed E-state index contributed by atoms with van der Waals surface area (Å²) in [6.45, 7) is -0.261. The van der Waals surface area contributed by atoms with Crippen molar-refractivity contribution >= 4 is 60.1 Å². The normalized spacial score (nSPS) is 16.0. The van der Waals surface area contributed by atoms with E-state index in [2.05, 4.69) is 0 Å². The number of halogens is 2. The first kappa shape index (κ1) is 32.0. The van der Waals surface area contributed by atoms with Crippen LogP contribution in [0.15, 0.2) is 107 Å². The summed E-state index contributed by atoms with van der Waals surface area (Å²) < 4.78 is 69.4. The maximum absolute atomic E-state index is 14.2. The smallest absolute Gasteiger partial charge is 0.355 e. The third kappa shape index (κ3) is 5.99. The van der Waals surface area contributed by atoms with Crippen LogP contribution in [0.4, 0.5) is 0 Å². The van der Waals surface area contributed by atoms with Crippen molar-refractivity contribution in [3.63, 3.8) is 0 Å². The molecule has 4 aromatic carbocycles. The van der Waals surface area contributed by atoms with E-state index < -0.39 is 42.7 Å². The number of hydrogen-bond donors (Lipinski definition) is 1. The minimum atomic E-state index is -4.60. The molecule has 5 aromatic rings. The van der Waals surface area contributed by atoms with E-state index in [0.29, 0.717) is 14.7 Å². The average molecular weight is 702 g/mol. The van der Waals surface area contributed by atoms with E-state index in [1.54, 1.807) is 24.3 Å². The molecule has 0 saturated carbocycles. The lowest BCUT2D eigenvalue weighted by molar-refractivity contribution is -0.0249. The molecule has 46 heavy (non-hydrogen) atoms. The van der Waals surface area contributed by atoms with Gasteiger partial charge in [0.1, 0.15) is 23.4 Å². The predicted molar refractivity (Wildman–Crippen MR) is 174 cm³/mol. The first-order chi connectivity index (χ1) is 22.0. The van der Waals surface area contributed by atoms with Crippen LogP contribution >= 0.6 is 23.2 Å². The van der Waals surface area contributed by atoms with Crippen molar-refractivity contribution in [3.05, 3.63) is 113 Å². The van der Waals surface area contributed by atoms with Gasteiger partial charge in [-0.15, -0.1) is 0 Å². The van der Waals surface area contributed by atoms with Crippen LogP contribution in [0.1, 0.15) is 10.5 Å². The van der Waals surface area contributed by atoms with Gasteiger partial charge in [0.15, 0.2) is 5.69 Å². The van der Waals surface area contributed by atoms with E-state index in [4.69, 9.17) is 32.7 Å². The number of carboxylic acids is 1. The van der Waals surface area contributed by atoms with Crippen molar-refractivity contribution in [2.45, 2.75) is 15.9 Å². The summed E-state index contributed by atoms with van der Waals surface area (Å²) in [6.07, 6.45) is -0.704. The van der Waals surface area contributed by atoms with Crippen LogP contribution in [-0.4, -0.2) is 68.6 Å². The Bertz CT molecular complexity index is 2150. The van der Waals surface area contributed by atoms with Crippen molar-refractivity contribution in [1.82, 2.24) is 8.28 Å². The number of aromatic nitrogens is 1. The lowest BCUT2D eigenvalue weighted by Crippen LogP contribution is -2.47. The zero-order valence-corrected chi connectivity index (χ0v) is 27.1. The molecular formula is C32H26Cl2N2O8S2. The molecule has 0 aliphatic carbocycles. The number of sulfonamides is 1. The molecule has 1 aliphatic heterocycles. The summed E-state index contributed by atoms with van der Waals surface area (Å²) in [7, 11) is -9.14. The van der Waals surface area contributed by atoms with Crippen molar-refractivity contribution in [2.24, 2.45) is 0 Å². The first-order valence-electron chi connectivity index (χ1n) is 14.0. The van der Waals surface area contributed by atoms with E-state index in [9.17, 15) is 26.7 Å². The summed E-state index contributed by atoms with van der Waals surface area (Å²) >= 11 is 12.5. The molecule has 1 atom stereocenters. The van der Waals surface area contributed by atoms with E-state index in [1.165, 1.54) is 42.5 Å². The summed E-state index contributed by atoms with van der Waals surface area (Å²) in [5.41, 5.74) is 0.704. The number of hydrogen-bond acceptors (Lipinski definition) is 7. The molecule has 10 nitrogen and oxygen atoms in total. The molecule has 0 amide bonds. The standard InChI is InChI=1S/C32H26Cl2N2O8S2/c33-22-12-15-29-27(18-22)31(30(32(37)38)36(29)45(39,40)25-6-2-1-3-7-25)46(41,42)35-16-17-43-24(19-35)20-44-23-13-10-21(11-14-23)26-8-4-5-9-28(26)34/h1-15,18,24H,16-17,19-20H2,(H,37,38). The third-order valence-corrected chi connectivity index (χ3v) is 11.7. The monoisotopic (exact) mass is 700 g/mol. The number of aromatic carboxylic acids is 1. The minimum absolute atomic E-state index is 0.000772. The highest BCUT2D eigenvalue weighted by molar-refractivity contribution is 7.91. The van der Waals surface area contributed by atoms with E-state index in [-0.39, 0.29) is 47.1 Å². The third-order valence-electron chi connectivity index (χ3n) is 7.50. The summed E-state index contributed by atoms with van der Waals surface area (Å²) in [5.74, 6) is -1.21. The molecule has 1 N–H and O–H groups in total. The van der Waals surface area contributed by atoms with Crippen LogP contribution in [0.25, 0.3) is 22.0 Å². The molecule has 1 fully saturated rings. The number of carboxylic acid groups (broad SMARTS) is 1. The van der Waals surface area contributed by atoms with Crippen molar-refractivity contribution in [3.8, 4) is 16.9 Å². The van der Waals surface area contributed by atoms with Crippen molar-refractivity contribution in [2.75, 3.05) is 26.3 Å². The highest BCUT2D eigenvalue weighted by atomic mass is 35.5. The molecule has 1 saturated heterocycles. The topological polar surface area (TPSA) is 132 Å². The Labute approximate surface area is 275 Å². The lowest BCUT2D eigenvalue weighted by atomic mass is 10.1. The zero-order chi connectivity index (χ0) is 32.6. The first-order valence-corrected chi connectivity index (χ1v) is 17.6. The van der Waals surface area contributed by atoms with Crippen LogP contribution in [0.3, 0.4) is 0 Å². The zero-order valence-electron chi connectivity index (χ0n) is 23.9. The Balaban J connectivity index is 1.31. The minimum Gasteiger partial charge on any atom is -0.491 e. The van der Waals surface area contributed by atoms with Gasteiger partial charge in [-0.2, -0.15) is 4.31 Å². The molecule has 0 radical (unpaired) electrons. The van der Waals surface area contributed by atoms with Gasteiger partial charge >= 0.3 is 5.97 Å². The molecule has 238 valence electrons. The Morgan fingerprint density at radius 3 is 2.28 bits per heavy atom. The molecular weight excluding hydrogens is 675 g/mol. The number of ether oxygens (including phenoxy) is 2. The van der Waals surface area contributed by atoms with Gasteiger partial charge in [-0.25, -0.2) is 25.6 Å². The second-order valence-corrected chi connectivity index (χ2v) is 14.9. The van der Waals surface area contributed by atoms with Crippen LogP contribution in [0, 0.1) is 0 Å². The van der Waals surface area contributed by atoms with Crippen LogP contribution < -0.4 is 4.74 Å². The van der Waals surface area contributed by atoms with Crippen LogP contribution in [-0.2, 0) is 24.8 Å². The molecule has 14 heteroatoms. The van der Waals surface area contributed by atoms with Gasteiger partial charge in [0.25, 0.3) is 10.0 Å². The fourth-order valence-electron chi connectivity index (χ4n) is 5.36. The maximum Gasteiger partial charge on any atom is 0.355 e. The maximum atomic E-state index is 14.2. The molecule has 0 spiro atoms. The Hall–Kier alpha value is -3.91. The van der Waals surface area contributed by atoms with E-state index in [0.717, 1.165) is 15.4 Å². The molecule has 1 unspecified atom stereocenters. The van der Waals surface area contributed by atoms with Gasteiger partial charge in [-0.1, -0.05) is 71.7 Å². The molecule has 0 bridgehead atoms. The molecule has 1 aromatic heterocycles.